The first-order valence-corrected chi connectivity index (χ1v) is 6.38. The third-order valence-corrected chi connectivity index (χ3v) is 3.65. The highest BCUT2D eigenvalue weighted by Crippen LogP contribution is 2.24. The smallest absolute Gasteiger partial charge is 0.227 e. The van der Waals surface area contributed by atoms with Crippen molar-refractivity contribution in [3.05, 3.63) is 29.8 Å². The van der Waals surface area contributed by atoms with E-state index < -0.39 is 0 Å². The molecule has 0 bridgehead atoms. The molecule has 1 fully saturated rings. The summed E-state index contributed by atoms with van der Waals surface area (Å²) < 4.78 is 0. The Hall–Kier alpha value is -1.55. The molecule has 4 nitrogen and oxygen atoms in total. The van der Waals surface area contributed by atoms with Crippen molar-refractivity contribution >= 4 is 5.91 Å². The molecular weight excluding hydrogens is 228 g/mol. The maximum absolute atomic E-state index is 12.2. The summed E-state index contributed by atoms with van der Waals surface area (Å²) in [6.07, 6.45) is 1.23. The van der Waals surface area contributed by atoms with Crippen molar-refractivity contribution in [3.63, 3.8) is 0 Å². The molecule has 2 atom stereocenters. The minimum Gasteiger partial charge on any atom is -0.508 e. The summed E-state index contributed by atoms with van der Waals surface area (Å²) in [5.74, 6) is 0.668. The number of carbonyl (C=O) groups is 1. The van der Waals surface area contributed by atoms with E-state index in [1.807, 2.05) is 11.0 Å². The van der Waals surface area contributed by atoms with E-state index in [4.69, 9.17) is 5.73 Å². The molecule has 0 radical (unpaired) electrons. The van der Waals surface area contributed by atoms with E-state index >= 15 is 0 Å². The number of rotatable bonds is 3. The molecule has 2 rings (SSSR count). The van der Waals surface area contributed by atoms with Crippen LogP contribution in [0.15, 0.2) is 24.3 Å². The van der Waals surface area contributed by atoms with Gasteiger partial charge in [0.05, 0.1) is 6.42 Å². The molecule has 1 saturated heterocycles. The quantitative estimate of drug-likeness (QED) is 0.842. The van der Waals surface area contributed by atoms with Gasteiger partial charge in [0.1, 0.15) is 5.75 Å². The number of phenolic OH excluding ortho intramolecular Hbond substituents is 1. The Morgan fingerprint density at radius 3 is 2.83 bits per heavy atom. The van der Waals surface area contributed by atoms with Gasteiger partial charge in [-0.1, -0.05) is 18.2 Å². The van der Waals surface area contributed by atoms with Gasteiger partial charge in [-0.05, 0) is 31.9 Å². The van der Waals surface area contributed by atoms with Crippen molar-refractivity contribution in [2.45, 2.75) is 25.8 Å². The van der Waals surface area contributed by atoms with Gasteiger partial charge in [0, 0.05) is 18.2 Å². The highest BCUT2D eigenvalue weighted by Gasteiger charge is 2.31. The summed E-state index contributed by atoms with van der Waals surface area (Å²) in [7, 11) is 0. The van der Waals surface area contributed by atoms with Gasteiger partial charge in [0.2, 0.25) is 5.91 Å². The zero-order valence-electron chi connectivity index (χ0n) is 10.7. The fourth-order valence-electron chi connectivity index (χ4n) is 2.59. The first-order chi connectivity index (χ1) is 8.61. The van der Waals surface area contributed by atoms with Gasteiger partial charge in [0.15, 0.2) is 0 Å². The lowest BCUT2D eigenvalue weighted by atomic mass is 10.1. The lowest BCUT2D eigenvalue weighted by molar-refractivity contribution is -0.131. The third-order valence-electron chi connectivity index (χ3n) is 3.65. The van der Waals surface area contributed by atoms with Crippen LogP contribution in [0, 0.1) is 5.92 Å². The Labute approximate surface area is 107 Å². The molecule has 0 spiro atoms. The molecule has 1 aromatic rings. The second kappa shape index (κ2) is 5.40. The first-order valence-electron chi connectivity index (χ1n) is 6.38. The summed E-state index contributed by atoms with van der Waals surface area (Å²) in [5, 5.41) is 9.68. The second-order valence-corrected chi connectivity index (χ2v) is 5.04. The van der Waals surface area contributed by atoms with Gasteiger partial charge >= 0.3 is 0 Å². The SMILES string of the molecule is CC1CC(CN)CN1C(=O)Cc1ccccc1O. The van der Waals surface area contributed by atoms with E-state index in [0.29, 0.717) is 18.0 Å². The Morgan fingerprint density at radius 1 is 1.50 bits per heavy atom. The van der Waals surface area contributed by atoms with Crippen LogP contribution in [0.1, 0.15) is 18.9 Å². The Kier molecular flexibility index (Phi) is 3.87. The van der Waals surface area contributed by atoms with Crippen LogP contribution in [-0.2, 0) is 11.2 Å². The number of benzene rings is 1. The molecule has 4 heteroatoms. The average molecular weight is 248 g/mol. The van der Waals surface area contributed by atoms with Crippen molar-refractivity contribution in [3.8, 4) is 5.75 Å². The van der Waals surface area contributed by atoms with Crippen LogP contribution in [0.25, 0.3) is 0 Å². The minimum atomic E-state index is 0.0694. The fourth-order valence-corrected chi connectivity index (χ4v) is 2.59. The van der Waals surface area contributed by atoms with Crippen LogP contribution < -0.4 is 5.73 Å². The normalized spacial score (nSPS) is 23.3. The third kappa shape index (κ3) is 2.64. The lowest BCUT2D eigenvalue weighted by Gasteiger charge is -2.21. The highest BCUT2D eigenvalue weighted by atomic mass is 16.3. The summed E-state index contributed by atoms with van der Waals surface area (Å²) >= 11 is 0. The molecule has 1 heterocycles. The topological polar surface area (TPSA) is 66.6 Å². The number of aromatic hydroxyl groups is 1. The number of nitrogens with two attached hydrogens (primary N) is 1. The van der Waals surface area contributed by atoms with Gasteiger partial charge in [0.25, 0.3) is 0 Å². The lowest BCUT2D eigenvalue weighted by Crippen LogP contribution is -2.35. The number of para-hydroxylation sites is 1. The van der Waals surface area contributed by atoms with Gasteiger partial charge in [-0.3, -0.25) is 4.79 Å². The van der Waals surface area contributed by atoms with Crippen LogP contribution in [0.5, 0.6) is 5.75 Å². The molecule has 1 amide bonds. The minimum absolute atomic E-state index is 0.0694. The van der Waals surface area contributed by atoms with Crippen molar-refractivity contribution in [1.82, 2.24) is 4.90 Å². The summed E-state index contributed by atoms with van der Waals surface area (Å²) in [4.78, 5) is 14.1. The maximum Gasteiger partial charge on any atom is 0.227 e. The number of carbonyl (C=O) groups excluding carboxylic acids is 1. The summed E-state index contributed by atoms with van der Waals surface area (Å²) in [6.45, 7) is 3.42. The second-order valence-electron chi connectivity index (χ2n) is 5.04. The molecule has 1 aromatic carbocycles. The van der Waals surface area contributed by atoms with Crippen molar-refractivity contribution in [2.24, 2.45) is 11.7 Å². The average Bonchev–Trinajstić information content (AvgIpc) is 2.73. The molecular formula is C14H20N2O2. The number of amides is 1. The molecule has 1 aliphatic rings. The van der Waals surface area contributed by atoms with Crippen LogP contribution in [0.4, 0.5) is 0 Å². The Balaban J connectivity index is 2.03. The van der Waals surface area contributed by atoms with Gasteiger partial charge in [-0.25, -0.2) is 0 Å². The highest BCUT2D eigenvalue weighted by molar-refractivity contribution is 5.80. The van der Waals surface area contributed by atoms with Crippen LogP contribution in [-0.4, -0.2) is 35.0 Å². The largest absolute Gasteiger partial charge is 0.508 e. The number of likely N-dealkylation sites (tertiary alicyclic amines) is 1. The molecule has 0 aliphatic carbocycles. The van der Waals surface area contributed by atoms with E-state index in [9.17, 15) is 9.90 Å². The molecule has 0 saturated carbocycles. The van der Waals surface area contributed by atoms with Crippen molar-refractivity contribution < 1.29 is 9.90 Å². The summed E-state index contributed by atoms with van der Waals surface area (Å²) in [6, 6.07) is 7.23. The number of nitrogens with zero attached hydrogens (tertiary/aromatic N) is 1. The predicted octanol–water partition coefficient (Wildman–Crippen LogP) is 1.13. The van der Waals surface area contributed by atoms with E-state index in [1.54, 1.807) is 18.2 Å². The molecule has 3 N–H and O–H groups in total. The van der Waals surface area contributed by atoms with Gasteiger partial charge in [-0.2, -0.15) is 0 Å². The fraction of sp³-hybridized carbons (Fsp3) is 0.500. The van der Waals surface area contributed by atoms with Crippen molar-refractivity contribution in [1.29, 1.82) is 0 Å². The zero-order valence-corrected chi connectivity index (χ0v) is 10.7. The van der Waals surface area contributed by atoms with Gasteiger partial charge in [-0.15, -0.1) is 0 Å². The van der Waals surface area contributed by atoms with E-state index in [-0.39, 0.29) is 24.1 Å². The van der Waals surface area contributed by atoms with E-state index in [0.717, 1.165) is 13.0 Å². The zero-order chi connectivity index (χ0) is 13.1. The van der Waals surface area contributed by atoms with Crippen LogP contribution >= 0.6 is 0 Å². The maximum atomic E-state index is 12.2. The molecule has 18 heavy (non-hydrogen) atoms. The molecule has 0 aromatic heterocycles. The summed E-state index contributed by atoms with van der Waals surface area (Å²) in [5.41, 5.74) is 6.34. The number of hydrogen-bond donors (Lipinski definition) is 2. The predicted molar refractivity (Wildman–Crippen MR) is 70.1 cm³/mol. The van der Waals surface area contributed by atoms with E-state index in [2.05, 4.69) is 6.92 Å². The Bertz CT molecular complexity index is 434. The van der Waals surface area contributed by atoms with E-state index in [1.165, 1.54) is 0 Å². The van der Waals surface area contributed by atoms with Crippen LogP contribution in [0.2, 0.25) is 0 Å². The monoisotopic (exact) mass is 248 g/mol. The molecule has 1 aliphatic heterocycles. The van der Waals surface area contributed by atoms with Crippen molar-refractivity contribution in [2.75, 3.05) is 13.1 Å². The molecule has 98 valence electrons. The standard InChI is InChI=1S/C14H20N2O2/c1-10-6-11(8-15)9-16(10)14(18)7-12-4-2-3-5-13(12)17/h2-5,10-11,17H,6-9,15H2,1H3. The van der Waals surface area contributed by atoms with Gasteiger partial charge < -0.3 is 15.7 Å². The first kappa shape index (κ1) is 12.9. The number of phenols is 1. The number of hydrogen-bond acceptors (Lipinski definition) is 3. The Morgan fingerprint density at radius 2 is 2.22 bits per heavy atom. The van der Waals surface area contributed by atoms with Crippen LogP contribution in [0.3, 0.4) is 0 Å². The molecule has 2 unspecified atom stereocenters.